The summed E-state index contributed by atoms with van der Waals surface area (Å²) in [7, 11) is 0. The van der Waals surface area contributed by atoms with Gasteiger partial charge >= 0.3 is 5.97 Å². The lowest BCUT2D eigenvalue weighted by atomic mass is 10.2. The van der Waals surface area contributed by atoms with Gasteiger partial charge in [0.1, 0.15) is 6.61 Å². The molecule has 2 aromatic carbocycles. The lowest BCUT2D eigenvalue weighted by Crippen LogP contribution is -2.40. The summed E-state index contributed by atoms with van der Waals surface area (Å²) < 4.78 is 16.5. The molecule has 6 nitrogen and oxygen atoms in total. The summed E-state index contributed by atoms with van der Waals surface area (Å²) in [6, 6.07) is 13.8. The number of para-hydroxylation sites is 2. The van der Waals surface area contributed by atoms with Crippen molar-refractivity contribution in [3.05, 3.63) is 54.1 Å². The van der Waals surface area contributed by atoms with Crippen molar-refractivity contribution in [1.29, 1.82) is 0 Å². The van der Waals surface area contributed by atoms with Crippen molar-refractivity contribution in [3.63, 3.8) is 0 Å². The minimum Gasteiger partial charge on any atom is -0.485 e. The van der Waals surface area contributed by atoms with E-state index in [1.54, 1.807) is 36.4 Å². The minimum atomic E-state index is -0.734. The van der Waals surface area contributed by atoms with Gasteiger partial charge in [0.05, 0.1) is 12.2 Å². The average molecular weight is 383 g/mol. The summed E-state index contributed by atoms with van der Waals surface area (Å²) >= 11 is 0. The molecule has 0 bridgehead atoms. The number of hydrogen-bond donors (Lipinski definition) is 1. The third-order valence-electron chi connectivity index (χ3n) is 4.42. The lowest BCUT2D eigenvalue weighted by Gasteiger charge is -2.25. The van der Waals surface area contributed by atoms with Crippen LogP contribution in [0.5, 0.6) is 11.5 Å². The zero-order valence-corrected chi connectivity index (χ0v) is 16.0. The Morgan fingerprint density at radius 3 is 2.54 bits per heavy atom. The number of rotatable bonds is 8. The smallest absolute Gasteiger partial charge is 0.338 e. The number of unbranched alkanes of at least 4 members (excludes halogenated alkanes) is 3. The molecule has 1 atom stereocenters. The van der Waals surface area contributed by atoms with E-state index in [-0.39, 0.29) is 18.5 Å². The van der Waals surface area contributed by atoms with Gasteiger partial charge in [-0.2, -0.15) is 0 Å². The number of hydrogen-bond acceptors (Lipinski definition) is 5. The van der Waals surface area contributed by atoms with Crippen LogP contribution in [0, 0.1) is 0 Å². The molecular weight excluding hydrogens is 358 g/mol. The summed E-state index contributed by atoms with van der Waals surface area (Å²) in [6.45, 7) is 2.71. The monoisotopic (exact) mass is 383 g/mol. The highest BCUT2D eigenvalue weighted by Gasteiger charge is 2.27. The summed E-state index contributed by atoms with van der Waals surface area (Å²) in [4.78, 5) is 24.4. The Labute approximate surface area is 164 Å². The maximum Gasteiger partial charge on any atom is 0.338 e. The van der Waals surface area contributed by atoms with E-state index in [1.807, 2.05) is 12.1 Å². The largest absolute Gasteiger partial charge is 0.485 e. The third kappa shape index (κ3) is 5.25. The van der Waals surface area contributed by atoms with Crippen molar-refractivity contribution in [2.45, 2.75) is 38.7 Å². The van der Waals surface area contributed by atoms with Gasteiger partial charge in [0.15, 0.2) is 11.5 Å². The first-order chi connectivity index (χ1) is 13.7. The molecule has 0 saturated carbocycles. The van der Waals surface area contributed by atoms with Crippen molar-refractivity contribution in [2.24, 2.45) is 0 Å². The van der Waals surface area contributed by atoms with Crippen molar-refractivity contribution in [3.8, 4) is 11.5 Å². The Hall–Kier alpha value is -3.02. The molecular formula is C22H25NO5. The number of amides is 1. The number of nitrogens with one attached hydrogen (secondary N) is 1. The predicted octanol–water partition coefficient (Wildman–Crippen LogP) is 4.20. The zero-order chi connectivity index (χ0) is 19.8. The van der Waals surface area contributed by atoms with E-state index >= 15 is 0 Å². The van der Waals surface area contributed by atoms with E-state index < -0.39 is 6.10 Å². The second-order valence-electron chi connectivity index (χ2n) is 6.63. The van der Waals surface area contributed by atoms with Gasteiger partial charge in [0.25, 0.3) is 5.91 Å². The van der Waals surface area contributed by atoms with Crippen LogP contribution in [-0.4, -0.2) is 31.2 Å². The molecule has 0 spiro atoms. The van der Waals surface area contributed by atoms with Crippen LogP contribution in [0.1, 0.15) is 43.0 Å². The summed E-state index contributed by atoms with van der Waals surface area (Å²) in [5.41, 5.74) is 1.03. The van der Waals surface area contributed by atoms with Gasteiger partial charge in [0, 0.05) is 5.69 Å². The molecule has 1 N–H and O–H groups in total. The number of ether oxygens (including phenoxy) is 3. The summed E-state index contributed by atoms with van der Waals surface area (Å²) in [5, 5.41) is 2.78. The Morgan fingerprint density at radius 2 is 1.79 bits per heavy atom. The Balaban J connectivity index is 1.49. The molecule has 1 amide bonds. The Bertz CT molecular complexity index is 803. The molecule has 1 aliphatic heterocycles. The van der Waals surface area contributed by atoms with Crippen LogP contribution in [0.2, 0.25) is 0 Å². The lowest BCUT2D eigenvalue weighted by molar-refractivity contribution is -0.125. The fraction of sp³-hybridized carbons (Fsp3) is 0.364. The number of anilines is 1. The molecule has 1 aliphatic rings. The fourth-order valence-corrected chi connectivity index (χ4v) is 2.84. The van der Waals surface area contributed by atoms with E-state index in [2.05, 4.69) is 12.2 Å². The second-order valence-corrected chi connectivity index (χ2v) is 6.63. The maximum absolute atomic E-state index is 12.4. The van der Waals surface area contributed by atoms with E-state index in [1.165, 1.54) is 0 Å². The molecule has 1 heterocycles. The molecule has 0 radical (unpaired) electrons. The number of carbonyl (C=O) groups is 2. The average Bonchev–Trinajstić information content (AvgIpc) is 2.73. The second kappa shape index (κ2) is 9.78. The first-order valence-corrected chi connectivity index (χ1v) is 9.64. The van der Waals surface area contributed by atoms with Gasteiger partial charge in [-0.25, -0.2) is 4.79 Å². The molecule has 28 heavy (non-hydrogen) atoms. The zero-order valence-electron chi connectivity index (χ0n) is 16.0. The van der Waals surface area contributed by atoms with Crippen LogP contribution in [0.15, 0.2) is 48.5 Å². The third-order valence-corrected chi connectivity index (χ3v) is 4.42. The predicted molar refractivity (Wildman–Crippen MR) is 106 cm³/mol. The van der Waals surface area contributed by atoms with Gasteiger partial charge in [0.2, 0.25) is 6.10 Å². The normalized spacial score (nSPS) is 15.0. The number of benzene rings is 2. The van der Waals surface area contributed by atoms with Crippen molar-refractivity contribution < 1.29 is 23.8 Å². The van der Waals surface area contributed by atoms with Crippen LogP contribution in [0.25, 0.3) is 0 Å². The molecule has 6 heteroatoms. The number of fused-ring (bicyclic) bond motifs is 1. The standard InChI is InChI=1S/C22H25NO5/c1-2-3-4-7-14-26-22(25)16-10-12-17(13-11-16)23-21(24)20-15-27-18-8-5-6-9-19(18)28-20/h5-6,8-13,20H,2-4,7,14-15H2,1H3,(H,23,24). The highest BCUT2D eigenvalue weighted by molar-refractivity contribution is 5.95. The molecule has 148 valence electrons. The van der Waals surface area contributed by atoms with E-state index in [0.29, 0.717) is 29.4 Å². The molecule has 0 fully saturated rings. The minimum absolute atomic E-state index is 0.144. The summed E-state index contributed by atoms with van der Waals surface area (Å²) in [5.74, 6) is 0.519. The van der Waals surface area contributed by atoms with E-state index in [4.69, 9.17) is 14.2 Å². The number of esters is 1. The van der Waals surface area contributed by atoms with Crippen LogP contribution >= 0.6 is 0 Å². The van der Waals surface area contributed by atoms with Crippen LogP contribution in [0.3, 0.4) is 0 Å². The van der Waals surface area contributed by atoms with Crippen LogP contribution in [0.4, 0.5) is 5.69 Å². The molecule has 0 saturated heterocycles. The maximum atomic E-state index is 12.4. The summed E-state index contributed by atoms with van der Waals surface area (Å²) in [6.07, 6.45) is 3.49. The SMILES string of the molecule is CCCCCCOC(=O)c1ccc(NC(=O)C2COc3ccccc3O2)cc1. The van der Waals surface area contributed by atoms with Gasteiger partial charge in [-0.1, -0.05) is 38.3 Å². The van der Waals surface area contributed by atoms with Crippen LogP contribution in [-0.2, 0) is 9.53 Å². The fourth-order valence-electron chi connectivity index (χ4n) is 2.84. The number of carbonyl (C=O) groups excluding carboxylic acids is 2. The first kappa shape index (κ1) is 19.7. The van der Waals surface area contributed by atoms with Gasteiger partial charge < -0.3 is 19.5 Å². The molecule has 0 aliphatic carbocycles. The van der Waals surface area contributed by atoms with Crippen LogP contribution < -0.4 is 14.8 Å². The first-order valence-electron chi connectivity index (χ1n) is 9.64. The van der Waals surface area contributed by atoms with Crippen molar-refractivity contribution in [2.75, 3.05) is 18.5 Å². The highest BCUT2D eigenvalue weighted by Crippen LogP contribution is 2.31. The highest BCUT2D eigenvalue weighted by atomic mass is 16.6. The van der Waals surface area contributed by atoms with Crippen molar-refractivity contribution >= 4 is 17.6 Å². The molecule has 3 rings (SSSR count). The van der Waals surface area contributed by atoms with Gasteiger partial charge in [-0.3, -0.25) is 4.79 Å². The molecule has 0 aromatic heterocycles. The topological polar surface area (TPSA) is 73.9 Å². The quantitative estimate of drug-likeness (QED) is 0.546. The van der Waals surface area contributed by atoms with E-state index in [9.17, 15) is 9.59 Å². The van der Waals surface area contributed by atoms with Gasteiger partial charge in [-0.15, -0.1) is 0 Å². The molecule has 1 unspecified atom stereocenters. The van der Waals surface area contributed by atoms with Gasteiger partial charge in [-0.05, 0) is 42.8 Å². The Morgan fingerprint density at radius 1 is 1.04 bits per heavy atom. The van der Waals surface area contributed by atoms with E-state index in [0.717, 1.165) is 25.7 Å². The Kier molecular flexibility index (Phi) is 6.89. The van der Waals surface area contributed by atoms with Crippen molar-refractivity contribution in [1.82, 2.24) is 0 Å². The molecule has 2 aromatic rings.